The van der Waals surface area contributed by atoms with Crippen LogP contribution in [0.3, 0.4) is 0 Å². The van der Waals surface area contributed by atoms with E-state index >= 15 is 0 Å². The molecule has 6 heteroatoms. The normalized spacial score (nSPS) is 41.5. The molecule has 21 heavy (non-hydrogen) atoms. The Bertz CT molecular complexity index is 504. The van der Waals surface area contributed by atoms with Crippen LogP contribution in [0, 0.1) is 22.0 Å². The highest BCUT2D eigenvalue weighted by atomic mass is 19.4. The third-order valence-corrected chi connectivity index (χ3v) is 5.96. The van der Waals surface area contributed by atoms with Gasteiger partial charge in [-0.1, -0.05) is 20.8 Å². The van der Waals surface area contributed by atoms with Crippen LogP contribution in [0.5, 0.6) is 0 Å². The molecule has 0 saturated heterocycles. The van der Waals surface area contributed by atoms with Gasteiger partial charge in [0.2, 0.25) is 11.3 Å². The number of nitrogens with zero attached hydrogens (tertiary/aromatic N) is 1. The summed E-state index contributed by atoms with van der Waals surface area (Å²) in [7, 11) is 0. The smallest absolute Gasteiger partial charge is 0.427 e. The molecule has 122 valence electrons. The first-order valence-corrected chi connectivity index (χ1v) is 7.26. The van der Waals surface area contributed by atoms with Crippen molar-refractivity contribution < 1.29 is 23.0 Å². The van der Waals surface area contributed by atoms with E-state index in [-0.39, 0.29) is 6.42 Å². The van der Waals surface area contributed by atoms with Crippen LogP contribution in [-0.2, 0) is 0 Å². The zero-order valence-electron chi connectivity index (χ0n) is 13.4. The first kappa shape index (κ1) is 16.6. The van der Waals surface area contributed by atoms with Gasteiger partial charge in [-0.15, -0.1) is 0 Å². The lowest BCUT2D eigenvalue weighted by atomic mass is 9.64. The van der Waals surface area contributed by atoms with Crippen LogP contribution in [-0.4, -0.2) is 32.9 Å². The molecule has 0 aromatic carbocycles. The Kier molecular flexibility index (Phi) is 3.12. The summed E-state index contributed by atoms with van der Waals surface area (Å²) < 4.78 is 41.7. The second-order valence-electron chi connectivity index (χ2n) is 8.20. The molecule has 2 bridgehead atoms. The minimum Gasteiger partial charge on any atom is -0.623 e. The largest absolute Gasteiger partial charge is 0.623 e. The highest BCUT2D eigenvalue weighted by Gasteiger charge is 2.84. The molecule has 3 atom stereocenters. The third-order valence-electron chi connectivity index (χ3n) is 5.96. The second-order valence-corrected chi connectivity index (χ2v) is 8.20. The van der Waals surface area contributed by atoms with E-state index in [0.29, 0.717) is 11.2 Å². The molecule has 2 aliphatic carbocycles. The van der Waals surface area contributed by atoms with Gasteiger partial charge in [-0.3, -0.25) is 0 Å². The van der Waals surface area contributed by atoms with E-state index in [0.717, 1.165) is 0 Å². The molecule has 0 amide bonds. The average molecular weight is 307 g/mol. The lowest BCUT2D eigenvalue weighted by Gasteiger charge is -2.44. The summed E-state index contributed by atoms with van der Waals surface area (Å²) >= 11 is 0. The Hall–Kier alpha value is -0.780. The zero-order valence-corrected chi connectivity index (χ0v) is 13.4. The van der Waals surface area contributed by atoms with Crippen LogP contribution in [0.2, 0.25) is 0 Å². The molecule has 1 unspecified atom stereocenters. The van der Waals surface area contributed by atoms with Crippen molar-refractivity contribution in [2.24, 2.45) is 16.7 Å². The van der Waals surface area contributed by atoms with E-state index in [1.807, 2.05) is 0 Å². The summed E-state index contributed by atoms with van der Waals surface area (Å²) in [6.07, 6.45) is -4.09. The van der Waals surface area contributed by atoms with Crippen molar-refractivity contribution >= 4 is 5.71 Å². The molecule has 0 aromatic rings. The number of aliphatic hydroxyl groups is 1. The highest BCUT2D eigenvalue weighted by Crippen LogP contribution is 2.71. The summed E-state index contributed by atoms with van der Waals surface area (Å²) in [5.74, 6) is -0.550. The van der Waals surface area contributed by atoms with E-state index in [2.05, 4.69) is 0 Å². The van der Waals surface area contributed by atoms with E-state index < -0.39 is 39.8 Å². The van der Waals surface area contributed by atoms with Gasteiger partial charge in [0.1, 0.15) is 0 Å². The molecule has 0 radical (unpaired) electrons. The van der Waals surface area contributed by atoms with Crippen LogP contribution >= 0.6 is 0 Å². The first-order chi connectivity index (χ1) is 9.12. The zero-order chi connectivity index (χ0) is 16.6. The molecule has 0 aliphatic heterocycles. The molecule has 0 spiro atoms. The van der Waals surface area contributed by atoms with Gasteiger partial charge in [0.15, 0.2) is 5.54 Å². The molecule has 2 aliphatic rings. The van der Waals surface area contributed by atoms with Crippen LogP contribution in [0.1, 0.15) is 54.4 Å². The fourth-order valence-corrected chi connectivity index (χ4v) is 4.27. The van der Waals surface area contributed by atoms with Gasteiger partial charge < -0.3 is 10.3 Å². The van der Waals surface area contributed by atoms with Crippen molar-refractivity contribution in [2.75, 3.05) is 0 Å². The van der Waals surface area contributed by atoms with Crippen molar-refractivity contribution in [1.29, 1.82) is 0 Å². The van der Waals surface area contributed by atoms with Gasteiger partial charge in [0.05, 0.1) is 0 Å². The van der Waals surface area contributed by atoms with Crippen molar-refractivity contribution in [3.8, 4) is 0 Å². The number of rotatable bonds is 0. The molecule has 2 rings (SSSR count). The Morgan fingerprint density at radius 1 is 1.19 bits per heavy atom. The molecule has 2 fully saturated rings. The summed E-state index contributed by atoms with van der Waals surface area (Å²) in [5, 5.41) is 23.3. The average Bonchev–Trinajstić information content (AvgIpc) is 2.56. The third kappa shape index (κ3) is 1.68. The molecule has 0 aromatic heterocycles. The topological polar surface area (TPSA) is 46.3 Å². The van der Waals surface area contributed by atoms with Crippen molar-refractivity contribution in [3.05, 3.63) is 5.21 Å². The minimum absolute atomic E-state index is 0.266. The molecule has 2 saturated carbocycles. The molecule has 3 nitrogen and oxygen atoms in total. The molecular weight excluding hydrogens is 283 g/mol. The fraction of sp³-hybridized carbons (Fsp3) is 0.933. The van der Waals surface area contributed by atoms with E-state index in [1.165, 1.54) is 6.92 Å². The first-order valence-electron chi connectivity index (χ1n) is 7.26. The van der Waals surface area contributed by atoms with Gasteiger partial charge in [0, 0.05) is 32.1 Å². The Morgan fingerprint density at radius 2 is 1.67 bits per heavy atom. The van der Waals surface area contributed by atoms with Gasteiger partial charge in [-0.2, -0.15) is 13.2 Å². The SMILES string of the molecule is CC(C)(C)/[N+]([O-])=C1\C2CC[C@](C)(C2(C)C)[C@@]1(O)C(F)(F)F. The summed E-state index contributed by atoms with van der Waals surface area (Å²) in [5.41, 5.74) is -6.64. The maximum absolute atomic E-state index is 13.8. The van der Waals surface area contributed by atoms with Gasteiger partial charge >= 0.3 is 6.18 Å². The number of hydroxylamine groups is 1. The monoisotopic (exact) mass is 307 g/mol. The molecular formula is C15H24F3NO2. The van der Waals surface area contributed by atoms with Crippen molar-refractivity contribution in [2.45, 2.75) is 71.7 Å². The minimum atomic E-state index is -4.86. The van der Waals surface area contributed by atoms with Crippen LogP contribution in [0.15, 0.2) is 0 Å². The molecule has 0 heterocycles. The van der Waals surface area contributed by atoms with E-state index in [1.54, 1.807) is 34.6 Å². The maximum atomic E-state index is 13.8. The highest BCUT2D eigenvalue weighted by molar-refractivity contribution is 5.97. The standard InChI is InChI=1S/C15H24F3NO2/c1-11(2,3)19(21)10-9-7-8-13(6,12(9,4)5)14(10,20)15(16,17)18/h9,20H,7-8H2,1-6H3/b19-10-/t9?,13-,14-/m1/s1. The van der Waals surface area contributed by atoms with E-state index in [9.17, 15) is 23.5 Å². The Balaban J connectivity index is 2.83. The van der Waals surface area contributed by atoms with E-state index in [4.69, 9.17) is 0 Å². The maximum Gasteiger partial charge on any atom is 0.427 e. The lowest BCUT2D eigenvalue weighted by Crippen LogP contribution is -2.63. The predicted octanol–water partition coefficient (Wildman–Crippen LogP) is 3.49. The number of hydrogen-bond acceptors (Lipinski definition) is 2. The number of hydrogen-bond donors (Lipinski definition) is 1. The van der Waals surface area contributed by atoms with Gasteiger partial charge in [0.25, 0.3) is 0 Å². The second kappa shape index (κ2) is 3.94. The predicted molar refractivity (Wildman–Crippen MR) is 74.0 cm³/mol. The summed E-state index contributed by atoms with van der Waals surface area (Å²) in [6.45, 7) is 9.60. The molecule has 1 N–H and O–H groups in total. The Labute approximate surface area is 123 Å². The number of fused-ring (bicyclic) bond motifs is 2. The van der Waals surface area contributed by atoms with Crippen LogP contribution in [0.4, 0.5) is 13.2 Å². The van der Waals surface area contributed by atoms with Crippen molar-refractivity contribution in [1.82, 2.24) is 0 Å². The fourth-order valence-electron chi connectivity index (χ4n) is 4.27. The summed E-state index contributed by atoms with van der Waals surface area (Å²) in [4.78, 5) is 0. The lowest BCUT2D eigenvalue weighted by molar-refractivity contribution is -0.544. The van der Waals surface area contributed by atoms with Crippen LogP contribution < -0.4 is 0 Å². The van der Waals surface area contributed by atoms with Crippen LogP contribution in [0.25, 0.3) is 0 Å². The van der Waals surface area contributed by atoms with Gasteiger partial charge in [-0.25, -0.2) is 4.74 Å². The summed E-state index contributed by atoms with van der Waals surface area (Å²) in [6, 6.07) is 0. The Morgan fingerprint density at radius 3 is 2.05 bits per heavy atom. The van der Waals surface area contributed by atoms with Crippen molar-refractivity contribution in [3.63, 3.8) is 0 Å². The number of halogens is 3. The van der Waals surface area contributed by atoms with Gasteiger partial charge in [-0.05, 0) is 18.3 Å². The number of alkyl halides is 3. The quantitative estimate of drug-likeness (QED) is 0.423.